The van der Waals surface area contributed by atoms with Crippen molar-refractivity contribution in [3.8, 4) is 0 Å². The molecule has 1 aromatic carbocycles. The third-order valence-corrected chi connectivity index (χ3v) is 3.53. The van der Waals surface area contributed by atoms with Crippen LogP contribution in [0.1, 0.15) is 38.7 Å². The molecule has 5 heteroatoms. The molecular formula is C13H19BrN2O2. The van der Waals surface area contributed by atoms with E-state index in [9.17, 15) is 10.1 Å². The van der Waals surface area contributed by atoms with Crippen molar-refractivity contribution in [2.24, 2.45) is 0 Å². The fourth-order valence-electron chi connectivity index (χ4n) is 1.82. The van der Waals surface area contributed by atoms with Gasteiger partial charge in [-0.2, -0.15) is 0 Å². The van der Waals surface area contributed by atoms with Gasteiger partial charge in [-0.1, -0.05) is 19.8 Å². The Hall–Kier alpha value is -1.10. The minimum atomic E-state index is -0.344. The van der Waals surface area contributed by atoms with Crippen LogP contribution in [0.3, 0.4) is 0 Å². The molecular weight excluding hydrogens is 296 g/mol. The smallest absolute Gasteiger partial charge is 0.274 e. The lowest BCUT2D eigenvalue weighted by Crippen LogP contribution is -2.15. The molecule has 100 valence electrons. The highest BCUT2D eigenvalue weighted by molar-refractivity contribution is 9.10. The van der Waals surface area contributed by atoms with E-state index in [2.05, 4.69) is 35.1 Å². The third-order valence-electron chi connectivity index (χ3n) is 2.87. The second-order valence-corrected chi connectivity index (χ2v) is 5.42. The second kappa shape index (κ2) is 6.73. The van der Waals surface area contributed by atoms with Crippen molar-refractivity contribution in [2.45, 2.75) is 46.1 Å². The second-order valence-electron chi connectivity index (χ2n) is 4.56. The lowest BCUT2D eigenvalue weighted by molar-refractivity contribution is -0.385. The van der Waals surface area contributed by atoms with Crippen LogP contribution < -0.4 is 5.32 Å². The number of benzene rings is 1. The van der Waals surface area contributed by atoms with Gasteiger partial charge in [0.15, 0.2) is 0 Å². The van der Waals surface area contributed by atoms with Crippen LogP contribution in [0.4, 0.5) is 11.4 Å². The average Bonchev–Trinajstić information content (AvgIpc) is 2.29. The molecule has 0 aromatic heterocycles. The largest absolute Gasteiger partial charge is 0.381 e. The first-order valence-electron chi connectivity index (χ1n) is 6.16. The number of aryl methyl sites for hydroxylation is 1. The number of rotatable bonds is 6. The molecule has 0 aliphatic rings. The number of unbranched alkanes of at least 4 members (excludes halogenated alkanes) is 1. The van der Waals surface area contributed by atoms with Gasteiger partial charge in [-0.3, -0.25) is 10.1 Å². The van der Waals surface area contributed by atoms with Gasteiger partial charge in [-0.15, -0.1) is 0 Å². The fraction of sp³-hybridized carbons (Fsp3) is 0.538. The summed E-state index contributed by atoms with van der Waals surface area (Å²) in [5.41, 5.74) is 1.61. The highest BCUT2D eigenvalue weighted by atomic mass is 79.9. The van der Waals surface area contributed by atoms with E-state index in [0.717, 1.165) is 29.4 Å². The molecule has 0 amide bonds. The third kappa shape index (κ3) is 3.98. The normalized spacial score (nSPS) is 12.2. The van der Waals surface area contributed by atoms with Crippen LogP contribution in [0.15, 0.2) is 16.6 Å². The zero-order valence-electron chi connectivity index (χ0n) is 11.0. The highest BCUT2D eigenvalue weighted by Gasteiger charge is 2.15. The summed E-state index contributed by atoms with van der Waals surface area (Å²) in [6.07, 6.45) is 3.37. The summed E-state index contributed by atoms with van der Waals surface area (Å²) in [6.45, 7) is 5.99. The maximum absolute atomic E-state index is 10.9. The van der Waals surface area contributed by atoms with Gasteiger partial charge in [0.2, 0.25) is 0 Å². The predicted molar refractivity (Wildman–Crippen MR) is 78.1 cm³/mol. The molecule has 0 saturated heterocycles. The summed E-state index contributed by atoms with van der Waals surface area (Å²) in [5.74, 6) is 0. The Labute approximate surface area is 116 Å². The first kappa shape index (κ1) is 15.0. The minimum Gasteiger partial charge on any atom is -0.381 e. The molecule has 0 aliphatic carbocycles. The van der Waals surface area contributed by atoms with Gasteiger partial charge in [0.25, 0.3) is 5.69 Å². The van der Waals surface area contributed by atoms with Gasteiger partial charge in [0.1, 0.15) is 0 Å². The minimum absolute atomic E-state index is 0.156. The van der Waals surface area contributed by atoms with Gasteiger partial charge in [0, 0.05) is 22.1 Å². The summed E-state index contributed by atoms with van der Waals surface area (Å²) >= 11 is 3.44. The van der Waals surface area contributed by atoms with Crippen LogP contribution in [0, 0.1) is 17.0 Å². The van der Waals surface area contributed by atoms with E-state index in [4.69, 9.17) is 0 Å². The monoisotopic (exact) mass is 314 g/mol. The van der Waals surface area contributed by atoms with E-state index in [1.54, 1.807) is 19.1 Å². The number of nitrogens with one attached hydrogen (secondary N) is 1. The van der Waals surface area contributed by atoms with Crippen molar-refractivity contribution in [2.75, 3.05) is 5.32 Å². The number of halogens is 1. The molecule has 0 saturated carbocycles. The maximum Gasteiger partial charge on any atom is 0.274 e. The zero-order chi connectivity index (χ0) is 13.7. The number of nitro groups is 1. The molecule has 0 bridgehead atoms. The van der Waals surface area contributed by atoms with Crippen LogP contribution in [-0.4, -0.2) is 11.0 Å². The molecule has 1 rings (SSSR count). The Balaban J connectivity index is 2.88. The molecule has 1 atom stereocenters. The molecule has 0 fully saturated rings. The quantitative estimate of drug-likeness (QED) is 0.614. The summed E-state index contributed by atoms with van der Waals surface area (Å²) in [6, 6.07) is 3.69. The van der Waals surface area contributed by atoms with Crippen molar-refractivity contribution >= 4 is 27.3 Å². The zero-order valence-corrected chi connectivity index (χ0v) is 12.6. The van der Waals surface area contributed by atoms with Crippen LogP contribution in [-0.2, 0) is 0 Å². The van der Waals surface area contributed by atoms with Crippen LogP contribution in [0.2, 0.25) is 0 Å². The Morgan fingerprint density at radius 3 is 2.72 bits per heavy atom. The van der Waals surface area contributed by atoms with Crippen LogP contribution in [0.25, 0.3) is 0 Å². The predicted octanol–water partition coefficient (Wildman–Crippen LogP) is 4.66. The molecule has 0 aliphatic heterocycles. The molecule has 0 heterocycles. The summed E-state index contributed by atoms with van der Waals surface area (Å²) in [5, 5.41) is 14.2. The first-order valence-corrected chi connectivity index (χ1v) is 6.96. The van der Waals surface area contributed by atoms with E-state index in [-0.39, 0.29) is 10.6 Å². The van der Waals surface area contributed by atoms with E-state index >= 15 is 0 Å². The molecule has 0 spiro atoms. The van der Waals surface area contributed by atoms with Gasteiger partial charge < -0.3 is 5.32 Å². The Kier molecular flexibility index (Phi) is 5.59. The van der Waals surface area contributed by atoms with Crippen molar-refractivity contribution in [3.05, 3.63) is 32.3 Å². The Morgan fingerprint density at radius 1 is 1.50 bits per heavy atom. The number of anilines is 1. The SMILES string of the molecule is CCCCC(C)Nc1cc([N+](=O)[O-])c(C)cc1Br. The van der Waals surface area contributed by atoms with Crippen molar-refractivity contribution in [3.63, 3.8) is 0 Å². The summed E-state index contributed by atoms with van der Waals surface area (Å²) < 4.78 is 0.869. The molecule has 1 aromatic rings. The van der Waals surface area contributed by atoms with E-state index in [0.29, 0.717) is 11.6 Å². The average molecular weight is 315 g/mol. The van der Waals surface area contributed by atoms with E-state index < -0.39 is 0 Å². The Bertz CT molecular complexity index is 435. The summed E-state index contributed by atoms with van der Waals surface area (Å²) in [4.78, 5) is 10.6. The van der Waals surface area contributed by atoms with Crippen molar-refractivity contribution in [1.29, 1.82) is 0 Å². The van der Waals surface area contributed by atoms with Crippen LogP contribution >= 0.6 is 15.9 Å². The number of nitrogens with zero attached hydrogens (tertiary/aromatic N) is 1. The number of hydrogen-bond acceptors (Lipinski definition) is 3. The maximum atomic E-state index is 10.9. The molecule has 0 radical (unpaired) electrons. The topological polar surface area (TPSA) is 55.2 Å². The first-order chi connectivity index (χ1) is 8.45. The van der Waals surface area contributed by atoms with Crippen molar-refractivity contribution in [1.82, 2.24) is 0 Å². The fourth-order valence-corrected chi connectivity index (χ4v) is 2.39. The molecule has 1 N–H and O–H groups in total. The highest BCUT2D eigenvalue weighted by Crippen LogP contribution is 2.31. The van der Waals surface area contributed by atoms with E-state index in [1.165, 1.54) is 0 Å². The van der Waals surface area contributed by atoms with E-state index in [1.807, 2.05) is 0 Å². The molecule has 18 heavy (non-hydrogen) atoms. The van der Waals surface area contributed by atoms with Crippen LogP contribution in [0.5, 0.6) is 0 Å². The lowest BCUT2D eigenvalue weighted by Gasteiger charge is -2.16. The van der Waals surface area contributed by atoms with Gasteiger partial charge in [-0.05, 0) is 42.3 Å². The molecule has 4 nitrogen and oxygen atoms in total. The number of nitro benzene ring substituents is 1. The lowest BCUT2D eigenvalue weighted by atomic mass is 10.1. The Morgan fingerprint density at radius 2 is 2.17 bits per heavy atom. The van der Waals surface area contributed by atoms with Gasteiger partial charge >= 0.3 is 0 Å². The molecule has 1 unspecified atom stereocenters. The van der Waals surface area contributed by atoms with Crippen molar-refractivity contribution < 1.29 is 4.92 Å². The number of hydrogen-bond donors (Lipinski definition) is 1. The van der Waals surface area contributed by atoms with Gasteiger partial charge in [0.05, 0.1) is 10.6 Å². The van der Waals surface area contributed by atoms with Gasteiger partial charge in [-0.25, -0.2) is 0 Å². The standard InChI is InChI=1S/C13H19BrN2O2/c1-4-5-6-10(3)15-12-8-13(16(17)18)9(2)7-11(12)14/h7-8,10,15H,4-6H2,1-3H3. The summed E-state index contributed by atoms with van der Waals surface area (Å²) in [7, 11) is 0.